The second-order valence-electron chi connectivity index (χ2n) is 7.25. The Balaban J connectivity index is 1.99. The minimum atomic E-state index is -3.44. The van der Waals surface area contributed by atoms with E-state index in [2.05, 4.69) is 5.32 Å². The maximum atomic E-state index is 12.5. The van der Waals surface area contributed by atoms with Gasteiger partial charge in [0.25, 0.3) is 5.56 Å². The summed E-state index contributed by atoms with van der Waals surface area (Å²) in [6, 6.07) is 11.8. The van der Waals surface area contributed by atoms with Gasteiger partial charge in [-0.25, -0.2) is 8.42 Å². The first-order valence-corrected chi connectivity index (χ1v) is 10.9. The molecular formula is C21H20N2O4S. The zero-order valence-electron chi connectivity index (χ0n) is 15.6. The van der Waals surface area contributed by atoms with Crippen molar-refractivity contribution in [3.05, 3.63) is 59.0 Å². The molecule has 6 nitrogen and oxygen atoms in total. The SMILES string of the molecule is Cn1cc(-c2cc(S(C)(=O)=O)ccc2NC(=O)C2CC2)c2ccccc2c1=O. The molecule has 144 valence electrons. The van der Waals surface area contributed by atoms with Gasteiger partial charge in [0.15, 0.2) is 9.84 Å². The molecule has 0 radical (unpaired) electrons. The summed E-state index contributed by atoms with van der Waals surface area (Å²) >= 11 is 0. The highest BCUT2D eigenvalue weighted by Crippen LogP contribution is 2.36. The fourth-order valence-electron chi connectivity index (χ4n) is 3.30. The zero-order chi connectivity index (χ0) is 20.1. The van der Waals surface area contributed by atoms with E-state index in [1.165, 1.54) is 10.6 Å². The molecule has 7 heteroatoms. The number of aryl methyl sites for hydroxylation is 1. The van der Waals surface area contributed by atoms with E-state index in [0.29, 0.717) is 27.6 Å². The molecule has 0 atom stereocenters. The average Bonchev–Trinajstić information content (AvgIpc) is 3.49. The van der Waals surface area contributed by atoms with Crippen LogP contribution in [0.1, 0.15) is 12.8 Å². The van der Waals surface area contributed by atoms with Crippen LogP contribution in [-0.2, 0) is 21.7 Å². The average molecular weight is 396 g/mol. The first-order valence-electron chi connectivity index (χ1n) is 8.99. The lowest BCUT2D eigenvalue weighted by Gasteiger charge is -2.16. The van der Waals surface area contributed by atoms with Gasteiger partial charge in [-0.05, 0) is 42.5 Å². The van der Waals surface area contributed by atoms with Crippen molar-refractivity contribution in [2.24, 2.45) is 13.0 Å². The number of hydrogen-bond donors (Lipinski definition) is 1. The summed E-state index contributed by atoms with van der Waals surface area (Å²) in [5.74, 6) is -0.0539. The van der Waals surface area contributed by atoms with Gasteiger partial charge in [0, 0.05) is 47.6 Å². The van der Waals surface area contributed by atoms with Gasteiger partial charge in [-0.2, -0.15) is 0 Å². The van der Waals surface area contributed by atoms with Gasteiger partial charge in [0.2, 0.25) is 5.91 Å². The lowest BCUT2D eigenvalue weighted by Crippen LogP contribution is -2.17. The largest absolute Gasteiger partial charge is 0.325 e. The van der Waals surface area contributed by atoms with E-state index in [1.807, 2.05) is 12.1 Å². The monoisotopic (exact) mass is 396 g/mol. The molecule has 2 aromatic carbocycles. The van der Waals surface area contributed by atoms with E-state index >= 15 is 0 Å². The van der Waals surface area contributed by atoms with Crippen molar-refractivity contribution in [3.63, 3.8) is 0 Å². The Morgan fingerprint density at radius 3 is 2.39 bits per heavy atom. The molecule has 1 amide bonds. The first-order chi connectivity index (χ1) is 13.3. The maximum absolute atomic E-state index is 12.5. The van der Waals surface area contributed by atoms with E-state index in [4.69, 9.17) is 0 Å². The van der Waals surface area contributed by atoms with Crippen LogP contribution in [0.5, 0.6) is 0 Å². The minimum absolute atomic E-state index is 0.0132. The Morgan fingerprint density at radius 1 is 1.07 bits per heavy atom. The molecule has 1 aromatic heterocycles. The van der Waals surface area contributed by atoms with Gasteiger partial charge in [-0.15, -0.1) is 0 Å². The molecule has 4 rings (SSSR count). The molecular weight excluding hydrogens is 376 g/mol. The van der Waals surface area contributed by atoms with Crippen LogP contribution in [0.3, 0.4) is 0 Å². The molecule has 1 heterocycles. The number of carbonyl (C=O) groups is 1. The highest BCUT2D eigenvalue weighted by molar-refractivity contribution is 7.90. The van der Waals surface area contributed by atoms with E-state index in [9.17, 15) is 18.0 Å². The van der Waals surface area contributed by atoms with E-state index in [0.717, 1.165) is 19.1 Å². The Hall–Kier alpha value is -2.93. The number of fused-ring (bicyclic) bond motifs is 1. The number of sulfone groups is 1. The van der Waals surface area contributed by atoms with Gasteiger partial charge in [-0.3, -0.25) is 9.59 Å². The predicted octanol–water partition coefficient (Wildman–Crippen LogP) is 2.96. The second-order valence-corrected chi connectivity index (χ2v) is 9.26. The van der Waals surface area contributed by atoms with Crippen LogP contribution >= 0.6 is 0 Å². The summed E-state index contributed by atoms with van der Waals surface area (Å²) in [6.45, 7) is 0. The molecule has 1 fully saturated rings. The van der Waals surface area contributed by atoms with Crippen molar-refractivity contribution in [1.29, 1.82) is 0 Å². The number of benzene rings is 2. The van der Waals surface area contributed by atoms with Crippen LogP contribution in [0, 0.1) is 5.92 Å². The molecule has 1 aliphatic rings. The highest BCUT2D eigenvalue weighted by Gasteiger charge is 2.30. The molecule has 1 N–H and O–H groups in total. The number of aromatic nitrogens is 1. The third kappa shape index (κ3) is 3.33. The van der Waals surface area contributed by atoms with Crippen LogP contribution in [0.2, 0.25) is 0 Å². The molecule has 28 heavy (non-hydrogen) atoms. The molecule has 0 bridgehead atoms. The number of carbonyl (C=O) groups excluding carboxylic acids is 1. The van der Waals surface area contributed by atoms with E-state index < -0.39 is 9.84 Å². The molecule has 1 saturated carbocycles. The summed E-state index contributed by atoms with van der Waals surface area (Å²) in [6.07, 6.45) is 4.56. The van der Waals surface area contributed by atoms with Gasteiger partial charge < -0.3 is 9.88 Å². The van der Waals surface area contributed by atoms with Crippen LogP contribution in [-0.4, -0.2) is 25.1 Å². The van der Waals surface area contributed by atoms with Gasteiger partial charge in [0.05, 0.1) is 4.90 Å². The zero-order valence-corrected chi connectivity index (χ0v) is 16.4. The van der Waals surface area contributed by atoms with Crippen molar-refractivity contribution >= 4 is 32.2 Å². The Labute approximate surface area is 162 Å². The lowest BCUT2D eigenvalue weighted by molar-refractivity contribution is -0.117. The fourth-order valence-corrected chi connectivity index (χ4v) is 3.94. The normalized spacial score (nSPS) is 14.2. The van der Waals surface area contributed by atoms with Crippen molar-refractivity contribution in [2.75, 3.05) is 11.6 Å². The summed E-state index contributed by atoms with van der Waals surface area (Å²) in [4.78, 5) is 25.0. The van der Waals surface area contributed by atoms with Crippen LogP contribution in [0.4, 0.5) is 5.69 Å². The van der Waals surface area contributed by atoms with E-state index in [-0.39, 0.29) is 22.3 Å². The lowest BCUT2D eigenvalue weighted by atomic mass is 9.99. The summed E-state index contributed by atoms with van der Waals surface area (Å²) in [5.41, 5.74) is 1.66. The molecule has 0 spiro atoms. The summed E-state index contributed by atoms with van der Waals surface area (Å²) in [5, 5.41) is 4.17. The second kappa shape index (κ2) is 6.60. The number of pyridine rings is 1. The minimum Gasteiger partial charge on any atom is -0.325 e. The summed E-state index contributed by atoms with van der Waals surface area (Å²) in [7, 11) is -1.78. The number of hydrogen-bond acceptors (Lipinski definition) is 4. The maximum Gasteiger partial charge on any atom is 0.258 e. The smallest absolute Gasteiger partial charge is 0.258 e. The quantitative estimate of drug-likeness (QED) is 0.735. The number of rotatable bonds is 4. The van der Waals surface area contributed by atoms with E-state index in [1.54, 1.807) is 37.5 Å². The van der Waals surface area contributed by atoms with Gasteiger partial charge in [-0.1, -0.05) is 18.2 Å². The Bertz CT molecular complexity index is 1270. The van der Waals surface area contributed by atoms with Crippen LogP contribution < -0.4 is 10.9 Å². The third-order valence-corrected chi connectivity index (χ3v) is 6.12. The fraction of sp³-hybridized carbons (Fsp3) is 0.238. The number of anilines is 1. The third-order valence-electron chi connectivity index (χ3n) is 5.01. The summed E-state index contributed by atoms with van der Waals surface area (Å²) < 4.78 is 25.7. The first kappa shape index (κ1) is 18.4. The molecule has 1 aliphatic carbocycles. The Morgan fingerprint density at radius 2 is 1.75 bits per heavy atom. The molecule has 3 aromatic rings. The van der Waals surface area contributed by atoms with Crippen LogP contribution in [0.25, 0.3) is 21.9 Å². The highest BCUT2D eigenvalue weighted by atomic mass is 32.2. The molecule has 0 unspecified atom stereocenters. The number of nitrogens with one attached hydrogen (secondary N) is 1. The van der Waals surface area contributed by atoms with Crippen molar-refractivity contribution in [3.8, 4) is 11.1 Å². The molecule has 0 saturated heterocycles. The number of amides is 1. The van der Waals surface area contributed by atoms with Crippen molar-refractivity contribution in [2.45, 2.75) is 17.7 Å². The molecule has 0 aliphatic heterocycles. The van der Waals surface area contributed by atoms with Crippen molar-refractivity contribution in [1.82, 2.24) is 4.57 Å². The number of nitrogens with zero attached hydrogens (tertiary/aromatic N) is 1. The van der Waals surface area contributed by atoms with Gasteiger partial charge in [0.1, 0.15) is 0 Å². The van der Waals surface area contributed by atoms with Crippen molar-refractivity contribution < 1.29 is 13.2 Å². The van der Waals surface area contributed by atoms with Crippen LogP contribution in [0.15, 0.2) is 58.4 Å². The predicted molar refractivity (Wildman–Crippen MR) is 109 cm³/mol. The standard InChI is InChI=1S/C21H20N2O4S/c1-23-12-18(15-5-3-4-6-16(15)21(23)25)17-11-14(28(2,26)27)9-10-19(17)22-20(24)13-7-8-13/h3-6,9-13H,7-8H2,1-2H3,(H,22,24). The Kier molecular flexibility index (Phi) is 4.34. The topological polar surface area (TPSA) is 85.2 Å². The van der Waals surface area contributed by atoms with Gasteiger partial charge >= 0.3 is 0 Å².